The van der Waals surface area contributed by atoms with Crippen molar-refractivity contribution in [3.8, 4) is 11.1 Å². The highest BCUT2D eigenvalue weighted by Crippen LogP contribution is 2.36. The summed E-state index contributed by atoms with van der Waals surface area (Å²) in [6.45, 7) is 1.55. The summed E-state index contributed by atoms with van der Waals surface area (Å²) in [4.78, 5) is 27.3. The zero-order chi connectivity index (χ0) is 19.2. The van der Waals surface area contributed by atoms with Gasteiger partial charge in [-0.25, -0.2) is 12.7 Å². The lowest BCUT2D eigenvalue weighted by atomic mass is 10.0. The van der Waals surface area contributed by atoms with Crippen LogP contribution in [0.15, 0.2) is 42.5 Å². The summed E-state index contributed by atoms with van der Waals surface area (Å²) in [5.74, 6) is -0.230. The van der Waals surface area contributed by atoms with Gasteiger partial charge < -0.3 is 4.90 Å². The van der Waals surface area contributed by atoms with E-state index in [1.54, 1.807) is 23.1 Å². The second-order valence-corrected chi connectivity index (χ2v) is 8.93. The van der Waals surface area contributed by atoms with E-state index in [1.807, 2.05) is 24.3 Å². The molecule has 7 heteroatoms. The third-order valence-corrected chi connectivity index (χ3v) is 6.49. The Morgan fingerprint density at radius 3 is 2.33 bits per heavy atom. The molecule has 1 amide bonds. The number of sulfonamides is 1. The molecule has 2 aromatic carbocycles. The van der Waals surface area contributed by atoms with E-state index < -0.39 is 10.0 Å². The van der Waals surface area contributed by atoms with E-state index in [-0.39, 0.29) is 11.7 Å². The molecule has 140 valence electrons. The summed E-state index contributed by atoms with van der Waals surface area (Å²) in [5, 5.41) is 0. The molecule has 1 saturated heterocycles. The van der Waals surface area contributed by atoms with Gasteiger partial charge in [-0.15, -0.1) is 0 Å². The van der Waals surface area contributed by atoms with Crippen LogP contribution in [-0.4, -0.2) is 61.7 Å². The maximum Gasteiger partial charge on any atom is 0.253 e. The summed E-state index contributed by atoms with van der Waals surface area (Å²) < 4.78 is 24.9. The van der Waals surface area contributed by atoms with Crippen molar-refractivity contribution in [3.05, 3.63) is 59.2 Å². The monoisotopic (exact) mass is 384 g/mol. The van der Waals surface area contributed by atoms with Crippen molar-refractivity contribution >= 4 is 21.7 Å². The topological polar surface area (TPSA) is 74.8 Å². The molecule has 1 aliphatic carbocycles. The van der Waals surface area contributed by atoms with Gasteiger partial charge in [-0.2, -0.15) is 0 Å². The van der Waals surface area contributed by atoms with Crippen LogP contribution >= 0.6 is 0 Å². The lowest BCUT2D eigenvalue weighted by molar-refractivity contribution is 0.0764. The molecule has 4 rings (SSSR count). The molecule has 6 nitrogen and oxygen atoms in total. The van der Waals surface area contributed by atoms with E-state index in [2.05, 4.69) is 0 Å². The smallest absolute Gasteiger partial charge is 0.253 e. The first kappa shape index (κ1) is 17.9. The highest BCUT2D eigenvalue weighted by atomic mass is 32.2. The van der Waals surface area contributed by atoms with Crippen LogP contribution in [0.2, 0.25) is 0 Å². The number of carbonyl (C=O) groups excluding carboxylic acids is 2. The second kappa shape index (κ2) is 6.58. The Kier molecular flexibility index (Phi) is 4.36. The Hall–Kier alpha value is -2.51. The zero-order valence-electron chi connectivity index (χ0n) is 15.0. The van der Waals surface area contributed by atoms with Crippen molar-refractivity contribution in [1.29, 1.82) is 0 Å². The van der Waals surface area contributed by atoms with Gasteiger partial charge in [0.1, 0.15) is 0 Å². The van der Waals surface area contributed by atoms with Crippen LogP contribution in [0.25, 0.3) is 11.1 Å². The number of hydrogen-bond donors (Lipinski definition) is 0. The summed E-state index contributed by atoms with van der Waals surface area (Å²) in [6, 6.07) is 12.7. The number of hydrogen-bond acceptors (Lipinski definition) is 4. The van der Waals surface area contributed by atoms with Crippen molar-refractivity contribution < 1.29 is 18.0 Å². The number of carbonyl (C=O) groups is 2. The molecule has 0 unspecified atom stereocenters. The molecule has 27 heavy (non-hydrogen) atoms. The highest BCUT2D eigenvalue weighted by molar-refractivity contribution is 7.88. The molecule has 0 spiro atoms. The molecule has 0 saturated carbocycles. The maximum atomic E-state index is 12.9. The average molecular weight is 384 g/mol. The molecule has 0 aromatic heterocycles. The zero-order valence-corrected chi connectivity index (χ0v) is 15.8. The van der Waals surface area contributed by atoms with Gasteiger partial charge in [0.05, 0.1) is 6.26 Å². The van der Waals surface area contributed by atoms with Gasteiger partial charge >= 0.3 is 0 Å². The fraction of sp³-hybridized carbons (Fsp3) is 0.300. The first-order chi connectivity index (χ1) is 12.9. The first-order valence-electron chi connectivity index (χ1n) is 8.89. The van der Waals surface area contributed by atoms with E-state index >= 15 is 0 Å². The summed E-state index contributed by atoms with van der Waals surface area (Å²) in [7, 11) is -3.26. The van der Waals surface area contributed by atoms with Gasteiger partial charge in [0.15, 0.2) is 5.78 Å². The van der Waals surface area contributed by atoms with Crippen molar-refractivity contribution in [3.63, 3.8) is 0 Å². The molecule has 0 atom stereocenters. The molecule has 1 heterocycles. The molecule has 2 aliphatic rings. The number of fused-ring (bicyclic) bond motifs is 3. The van der Waals surface area contributed by atoms with Gasteiger partial charge in [-0.05, 0) is 29.7 Å². The van der Waals surface area contributed by atoms with Crippen LogP contribution in [0.5, 0.6) is 0 Å². The lowest BCUT2D eigenvalue weighted by Crippen LogP contribution is -2.37. The fourth-order valence-electron chi connectivity index (χ4n) is 3.77. The first-order valence-corrected chi connectivity index (χ1v) is 10.7. The molecule has 2 aromatic rings. The molecular weight excluding hydrogens is 364 g/mol. The third-order valence-electron chi connectivity index (χ3n) is 5.18. The van der Waals surface area contributed by atoms with E-state index in [4.69, 9.17) is 0 Å². The lowest BCUT2D eigenvalue weighted by Gasteiger charge is -2.21. The van der Waals surface area contributed by atoms with Crippen molar-refractivity contribution in [2.75, 3.05) is 32.4 Å². The largest absolute Gasteiger partial charge is 0.337 e. The highest BCUT2D eigenvalue weighted by Gasteiger charge is 2.29. The Balaban J connectivity index is 1.59. The summed E-state index contributed by atoms with van der Waals surface area (Å²) in [5.41, 5.74) is 3.43. The Morgan fingerprint density at radius 1 is 0.889 bits per heavy atom. The van der Waals surface area contributed by atoms with Crippen LogP contribution in [0.3, 0.4) is 0 Å². The van der Waals surface area contributed by atoms with E-state index in [0.717, 1.165) is 11.1 Å². The normalized spacial score (nSPS) is 17.4. The minimum absolute atomic E-state index is 0.0608. The number of nitrogens with zero attached hydrogens (tertiary/aromatic N) is 2. The minimum atomic E-state index is -3.26. The number of rotatable bonds is 2. The average Bonchev–Trinajstić information content (AvgIpc) is 2.81. The quantitative estimate of drug-likeness (QED) is 0.677. The Labute approximate surface area is 158 Å². The molecule has 0 N–H and O–H groups in total. The second-order valence-electron chi connectivity index (χ2n) is 6.94. The van der Waals surface area contributed by atoms with E-state index in [1.165, 1.54) is 10.6 Å². The molecule has 1 aliphatic heterocycles. The van der Waals surface area contributed by atoms with Crippen LogP contribution in [0, 0.1) is 0 Å². The number of amides is 1. The van der Waals surface area contributed by atoms with Crippen LogP contribution in [-0.2, 0) is 10.0 Å². The van der Waals surface area contributed by atoms with Crippen LogP contribution in [0.4, 0.5) is 0 Å². The van der Waals surface area contributed by atoms with Crippen LogP contribution < -0.4 is 0 Å². The minimum Gasteiger partial charge on any atom is -0.337 e. The number of benzene rings is 2. The standard InChI is InChI=1S/C20H20N2O4S/c1-27(25,26)22-10-4-9-21(11-12-22)20(24)14-7-8-16-15-5-2-3-6-17(15)19(23)18(16)13-14/h2-3,5-8,13H,4,9-12H2,1H3. The van der Waals surface area contributed by atoms with E-state index in [9.17, 15) is 18.0 Å². The van der Waals surface area contributed by atoms with E-state index in [0.29, 0.717) is 49.3 Å². The molecule has 1 fully saturated rings. The third kappa shape index (κ3) is 3.17. The Morgan fingerprint density at radius 2 is 1.59 bits per heavy atom. The number of ketones is 1. The SMILES string of the molecule is CS(=O)(=O)N1CCCN(C(=O)c2ccc3c(c2)C(=O)c2ccccc2-3)CC1. The molecule has 0 radical (unpaired) electrons. The van der Waals surface area contributed by atoms with Gasteiger partial charge in [0.2, 0.25) is 10.0 Å². The van der Waals surface area contributed by atoms with Crippen molar-refractivity contribution in [2.24, 2.45) is 0 Å². The molecular formula is C20H20N2O4S. The van der Waals surface area contributed by atoms with Crippen molar-refractivity contribution in [2.45, 2.75) is 6.42 Å². The maximum absolute atomic E-state index is 12.9. The van der Waals surface area contributed by atoms with Gasteiger partial charge in [0, 0.05) is 42.9 Å². The van der Waals surface area contributed by atoms with Gasteiger partial charge in [-0.1, -0.05) is 30.3 Å². The van der Waals surface area contributed by atoms with Gasteiger partial charge in [0.25, 0.3) is 5.91 Å². The summed E-state index contributed by atoms with van der Waals surface area (Å²) >= 11 is 0. The predicted octanol–water partition coefficient (Wildman–Crippen LogP) is 2.01. The van der Waals surface area contributed by atoms with Crippen LogP contribution in [0.1, 0.15) is 32.7 Å². The Bertz CT molecular complexity index is 1050. The fourth-order valence-corrected chi connectivity index (χ4v) is 4.65. The summed E-state index contributed by atoms with van der Waals surface area (Å²) in [6.07, 6.45) is 1.78. The molecule has 0 bridgehead atoms. The predicted molar refractivity (Wildman–Crippen MR) is 102 cm³/mol. The van der Waals surface area contributed by atoms with Crippen molar-refractivity contribution in [1.82, 2.24) is 9.21 Å². The van der Waals surface area contributed by atoms with Gasteiger partial charge in [-0.3, -0.25) is 9.59 Å².